The summed E-state index contributed by atoms with van der Waals surface area (Å²) in [7, 11) is 0. The molecule has 1 aromatic rings. The summed E-state index contributed by atoms with van der Waals surface area (Å²) in [5.74, 6) is 2.57. The second-order valence-electron chi connectivity index (χ2n) is 6.53. The van der Waals surface area contributed by atoms with E-state index in [-0.39, 0.29) is 17.9 Å². The summed E-state index contributed by atoms with van der Waals surface area (Å²) in [6.07, 6.45) is 12.1. The summed E-state index contributed by atoms with van der Waals surface area (Å²) < 4.78 is 4.95. The second-order valence-corrected chi connectivity index (χ2v) is 6.53. The number of terminal acetylenes is 1. The molecule has 0 radical (unpaired) electrons. The highest BCUT2D eigenvalue weighted by Crippen LogP contribution is 2.37. The highest BCUT2D eigenvalue weighted by atomic mass is 16.3. The average molecular weight is 342 g/mol. The van der Waals surface area contributed by atoms with E-state index in [4.69, 9.17) is 10.8 Å². The molecule has 0 aliphatic carbocycles. The Morgan fingerprint density at radius 1 is 1.36 bits per heavy atom. The number of carbonyl (C=O) groups excluding carboxylic acids is 2. The first-order valence-electron chi connectivity index (χ1n) is 8.60. The summed E-state index contributed by atoms with van der Waals surface area (Å²) in [4.78, 5) is 26.2. The molecular formula is C18H22N4O3. The quantitative estimate of drug-likeness (QED) is 0.772. The van der Waals surface area contributed by atoms with Crippen LogP contribution in [0.1, 0.15) is 48.9 Å². The largest absolute Gasteiger partial charge is 0.472 e. The van der Waals surface area contributed by atoms with Crippen LogP contribution in [0.15, 0.2) is 33.2 Å². The third-order valence-corrected chi connectivity index (χ3v) is 4.72. The molecular weight excluding hydrogens is 320 g/mol. The smallest absolute Gasteiger partial charge is 0.257 e. The van der Waals surface area contributed by atoms with E-state index in [0.29, 0.717) is 44.3 Å². The molecule has 3 rings (SSSR count). The van der Waals surface area contributed by atoms with Gasteiger partial charge in [-0.15, -0.1) is 12.3 Å². The van der Waals surface area contributed by atoms with Gasteiger partial charge in [0.15, 0.2) is 5.66 Å². The molecule has 1 fully saturated rings. The van der Waals surface area contributed by atoms with Crippen LogP contribution in [-0.2, 0) is 4.79 Å². The minimum atomic E-state index is -0.413. The first-order valence-corrected chi connectivity index (χ1v) is 8.60. The molecule has 0 bridgehead atoms. The highest BCUT2D eigenvalue weighted by molar-refractivity contribution is 5.93. The maximum Gasteiger partial charge on any atom is 0.257 e. The van der Waals surface area contributed by atoms with Crippen molar-refractivity contribution in [3.8, 4) is 12.3 Å². The average Bonchev–Trinajstić information content (AvgIpc) is 3.18. The van der Waals surface area contributed by atoms with Crippen LogP contribution in [0, 0.1) is 12.3 Å². The van der Waals surface area contributed by atoms with E-state index in [9.17, 15) is 9.59 Å². The maximum absolute atomic E-state index is 12.2. The molecule has 7 nitrogen and oxygen atoms in total. The third-order valence-electron chi connectivity index (χ3n) is 4.72. The number of likely N-dealkylation sites (tertiary alicyclic amines) is 1. The van der Waals surface area contributed by atoms with E-state index in [1.165, 1.54) is 12.5 Å². The number of carbonyl (C=O) groups is 2. The van der Waals surface area contributed by atoms with Gasteiger partial charge in [0.2, 0.25) is 5.91 Å². The second kappa shape index (κ2) is 7.51. The third kappa shape index (κ3) is 4.47. The number of hydrogen-bond acceptors (Lipinski definition) is 5. The van der Waals surface area contributed by atoms with E-state index in [1.54, 1.807) is 11.0 Å². The molecule has 0 atom stereocenters. The topological polar surface area (TPSA) is 87.3 Å². The Kier molecular flexibility index (Phi) is 5.17. The van der Waals surface area contributed by atoms with Crippen molar-refractivity contribution >= 4 is 11.8 Å². The number of piperidine rings is 1. The Morgan fingerprint density at radius 2 is 2.12 bits per heavy atom. The summed E-state index contributed by atoms with van der Waals surface area (Å²) in [5, 5.41) is 11.1. The molecule has 0 unspecified atom stereocenters. The van der Waals surface area contributed by atoms with Gasteiger partial charge >= 0.3 is 0 Å². The van der Waals surface area contributed by atoms with Gasteiger partial charge in [-0.2, -0.15) is 10.2 Å². The van der Waals surface area contributed by atoms with Crippen LogP contribution in [-0.4, -0.2) is 41.5 Å². The molecule has 132 valence electrons. The van der Waals surface area contributed by atoms with E-state index in [2.05, 4.69) is 21.5 Å². The van der Waals surface area contributed by atoms with E-state index >= 15 is 0 Å². The lowest BCUT2D eigenvalue weighted by molar-refractivity contribution is -0.122. The predicted molar refractivity (Wildman–Crippen MR) is 90.7 cm³/mol. The summed E-state index contributed by atoms with van der Waals surface area (Å²) in [5.41, 5.74) is 0.154. The van der Waals surface area contributed by atoms with E-state index < -0.39 is 5.66 Å². The molecule has 2 amide bonds. The normalized spacial score (nSPS) is 18.6. The van der Waals surface area contributed by atoms with Crippen molar-refractivity contribution in [2.24, 2.45) is 10.2 Å². The maximum atomic E-state index is 12.2. The standard InChI is InChI=1S/C18H22N4O3/c1-2-3-8-18(20-21-18)9-4-16(23)19-15-5-10-22(11-6-15)17(24)14-7-12-25-13-14/h1,7,12-13,15H,3-6,8-11H2,(H,19,23). The van der Waals surface area contributed by atoms with Crippen molar-refractivity contribution in [2.75, 3.05) is 13.1 Å². The monoisotopic (exact) mass is 342 g/mol. The van der Waals surface area contributed by atoms with Gasteiger partial charge in [-0.05, 0) is 18.9 Å². The molecule has 2 aliphatic heterocycles. The minimum Gasteiger partial charge on any atom is -0.472 e. The summed E-state index contributed by atoms with van der Waals surface area (Å²) in [6, 6.07) is 1.77. The van der Waals surface area contributed by atoms with Crippen molar-refractivity contribution in [3.05, 3.63) is 24.2 Å². The van der Waals surface area contributed by atoms with Crippen molar-refractivity contribution < 1.29 is 14.0 Å². The summed E-state index contributed by atoms with van der Waals surface area (Å²) >= 11 is 0. The van der Waals surface area contributed by atoms with E-state index in [1.807, 2.05) is 0 Å². The van der Waals surface area contributed by atoms with Crippen LogP contribution in [0.3, 0.4) is 0 Å². The van der Waals surface area contributed by atoms with Gasteiger partial charge in [0.25, 0.3) is 5.91 Å². The molecule has 3 heterocycles. The van der Waals surface area contributed by atoms with Gasteiger partial charge in [-0.3, -0.25) is 9.59 Å². The van der Waals surface area contributed by atoms with Gasteiger partial charge in [-0.1, -0.05) is 0 Å². The van der Waals surface area contributed by atoms with Gasteiger partial charge in [0.1, 0.15) is 6.26 Å². The number of nitrogens with one attached hydrogen (secondary N) is 1. The zero-order chi connectivity index (χ0) is 17.7. The fourth-order valence-corrected chi connectivity index (χ4v) is 3.08. The number of furan rings is 1. The lowest BCUT2D eigenvalue weighted by Gasteiger charge is -2.32. The van der Waals surface area contributed by atoms with Crippen LogP contribution < -0.4 is 5.32 Å². The molecule has 25 heavy (non-hydrogen) atoms. The molecule has 2 aliphatic rings. The first kappa shape index (κ1) is 17.2. The Hall–Kier alpha value is -2.62. The predicted octanol–water partition coefficient (Wildman–Crippen LogP) is 2.36. The number of rotatable bonds is 7. The molecule has 7 heteroatoms. The van der Waals surface area contributed by atoms with Gasteiger partial charge in [0.05, 0.1) is 11.8 Å². The van der Waals surface area contributed by atoms with Crippen molar-refractivity contribution in [1.29, 1.82) is 0 Å². The molecule has 0 aromatic carbocycles. The van der Waals surface area contributed by atoms with Crippen molar-refractivity contribution in [2.45, 2.75) is 50.2 Å². The van der Waals surface area contributed by atoms with Crippen LogP contribution in [0.5, 0.6) is 0 Å². The molecule has 0 spiro atoms. The van der Waals surface area contributed by atoms with Crippen molar-refractivity contribution in [1.82, 2.24) is 10.2 Å². The van der Waals surface area contributed by atoms with Gasteiger partial charge < -0.3 is 14.6 Å². The SMILES string of the molecule is C#CCCC1(CCC(=O)NC2CCN(C(=O)c3ccoc3)CC2)N=N1. The lowest BCUT2D eigenvalue weighted by Crippen LogP contribution is -2.46. The fourth-order valence-electron chi connectivity index (χ4n) is 3.08. The Bertz CT molecular complexity index is 676. The first-order chi connectivity index (χ1) is 12.1. The molecule has 1 N–H and O–H groups in total. The Morgan fingerprint density at radius 3 is 2.72 bits per heavy atom. The molecule has 1 saturated heterocycles. The van der Waals surface area contributed by atoms with Crippen LogP contribution in [0.4, 0.5) is 0 Å². The van der Waals surface area contributed by atoms with Crippen LogP contribution in [0.25, 0.3) is 0 Å². The van der Waals surface area contributed by atoms with Crippen LogP contribution in [0.2, 0.25) is 0 Å². The number of amides is 2. The Labute approximate surface area is 146 Å². The highest BCUT2D eigenvalue weighted by Gasteiger charge is 2.39. The van der Waals surface area contributed by atoms with Crippen molar-refractivity contribution in [3.63, 3.8) is 0 Å². The van der Waals surface area contributed by atoms with Crippen LogP contribution >= 0.6 is 0 Å². The zero-order valence-electron chi connectivity index (χ0n) is 14.1. The molecule has 0 saturated carbocycles. The summed E-state index contributed by atoms with van der Waals surface area (Å²) in [6.45, 7) is 1.26. The Balaban J connectivity index is 1.37. The van der Waals surface area contributed by atoms with E-state index in [0.717, 1.165) is 12.8 Å². The number of nitrogens with zero attached hydrogens (tertiary/aromatic N) is 3. The van der Waals surface area contributed by atoms with Gasteiger partial charge in [-0.25, -0.2) is 0 Å². The van der Waals surface area contributed by atoms with Gasteiger partial charge in [0, 0.05) is 44.8 Å². The number of hydrogen-bond donors (Lipinski definition) is 1. The zero-order valence-corrected chi connectivity index (χ0v) is 14.1. The fraction of sp³-hybridized carbons (Fsp3) is 0.556. The minimum absolute atomic E-state index is 0.0111. The lowest BCUT2D eigenvalue weighted by atomic mass is 10.0. The molecule has 1 aromatic heterocycles.